The molecule has 26 heavy (non-hydrogen) atoms. The van der Waals surface area contributed by atoms with Crippen molar-refractivity contribution in [1.82, 2.24) is 0 Å². The highest BCUT2D eigenvalue weighted by molar-refractivity contribution is 6.32. The van der Waals surface area contributed by atoms with Gasteiger partial charge >= 0.3 is 0 Å². The second kappa shape index (κ2) is 7.38. The van der Waals surface area contributed by atoms with Crippen LogP contribution in [0.15, 0.2) is 54.6 Å². The average Bonchev–Trinajstić information content (AvgIpc) is 3.51. The number of rotatable bonds is 4. The van der Waals surface area contributed by atoms with Gasteiger partial charge in [0.2, 0.25) is 0 Å². The molecular weight excluding hydrogens is 347 g/mol. The Morgan fingerprint density at radius 1 is 1.12 bits per heavy atom. The molecule has 1 heterocycles. The molecule has 1 fully saturated rings. The van der Waals surface area contributed by atoms with E-state index in [9.17, 15) is 4.39 Å². The van der Waals surface area contributed by atoms with E-state index >= 15 is 0 Å². The van der Waals surface area contributed by atoms with Crippen LogP contribution in [0.2, 0.25) is 5.02 Å². The molecule has 2 atom stereocenters. The van der Waals surface area contributed by atoms with Crippen molar-refractivity contribution in [3.05, 3.63) is 76.6 Å². The number of hydrogen-bond donors (Lipinski definition) is 0. The molecule has 0 radical (unpaired) electrons. The van der Waals surface area contributed by atoms with Crippen LogP contribution in [0.4, 0.5) is 4.39 Å². The van der Waals surface area contributed by atoms with Gasteiger partial charge in [0.15, 0.2) is 0 Å². The Kier molecular flexibility index (Phi) is 4.97. The summed E-state index contributed by atoms with van der Waals surface area (Å²) in [6, 6.07) is 11.7. The summed E-state index contributed by atoms with van der Waals surface area (Å²) in [7, 11) is 0. The highest BCUT2D eigenvalue weighted by Gasteiger charge is 2.24. The summed E-state index contributed by atoms with van der Waals surface area (Å²) in [4.78, 5) is 0. The van der Waals surface area contributed by atoms with Crippen molar-refractivity contribution in [2.24, 2.45) is 5.92 Å². The van der Waals surface area contributed by atoms with E-state index in [-0.39, 0.29) is 16.9 Å². The van der Waals surface area contributed by atoms with Gasteiger partial charge < -0.3 is 4.74 Å². The molecule has 0 N–H and O–H groups in total. The maximum Gasteiger partial charge on any atom is 0.150 e. The lowest BCUT2D eigenvalue weighted by Crippen LogP contribution is -2.03. The number of ether oxygens (including phenoxy) is 1. The van der Waals surface area contributed by atoms with Gasteiger partial charge in [-0.2, -0.15) is 0 Å². The third-order valence-corrected chi connectivity index (χ3v) is 5.64. The van der Waals surface area contributed by atoms with Gasteiger partial charge in [0, 0.05) is 5.56 Å². The molecule has 1 aliphatic carbocycles. The van der Waals surface area contributed by atoms with E-state index in [2.05, 4.69) is 25.2 Å². The topological polar surface area (TPSA) is 12.5 Å². The summed E-state index contributed by atoms with van der Waals surface area (Å²) < 4.78 is 20.3. The third kappa shape index (κ3) is 3.49. The van der Waals surface area contributed by atoms with Gasteiger partial charge in [0.05, 0.1) is 11.6 Å². The van der Waals surface area contributed by atoms with Crippen molar-refractivity contribution >= 4 is 17.2 Å². The molecule has 1 nitrogen and oxygen atoms in total. The van der Waals surface area contributed by atoms with E-state index in [0.29, 0.717) is 11.5 Å². The second-order valence-electron chi connectivity index (χ2n) is 7.02. The Balaban J connectivity index is 1.61. The summed E-state index contributed by atoms with van der Waals surface area (Å²) >= 11 is 6.42. The summed E-state index contributed by atoms with van der Waals surface area (Å²) in [5.74, 6) is 0.247. The maximum absolute atomic E-state index is 15.0. The molecule has 0 amide bonds. The maximum atomic E-state index is 15.0. The number of halogens is 2. The van der Waals surface area contributed by atoms with Gasteiger partial charge in [0.25, 0.3) is 0 Å². The summed E-state index contributed by atoms with van der Waals surface area (Å²) in [5, 5.41) is 0.229. The molecule has 2 unspecified atom stereocenters. The van der Waals surface area contributed by atoms with Crippen LogP contribution in [0, 0.1) is 11.7 Å². The predicted octanol–water partition coefficient (Wildman–Crippen LogP) is 6.98. The Hall–Kier alpha value is -1.90. The second-order valence-corrected chi connectivity index (χ2v) is 7.40. The normalized spacial score (nSPS) is 22.5. The number of epoxide rings is 1. The van der Waals surface area contributed by atoms with Gasteiger partial charge in [-0.3, -0.25) is 0 Å². The Labute approximate surface area is 159 Å². The standard InChI is InChI=1S/C23H22ClFO/c1-2-3-15-4-6-16(7-5-15)19-12-13-20(23(25)22(19)24)17-8-10-18(11-9-17)21-14-26-21/h2-3,6,8-13,15,21H,4-5,7,14H2,1H3/b3-2+. The van der Waals surface area contributed by atoms with Crippen LogP contribution in [-0.2, 0) is 4.74 Å². The molecule has 0 aromatic heterocycles. The quantitative estimate of drug-likeness (QED) is 0.419. The number of benzene rings is 2. The smallest absolute Gasteiger partial charge is 0.150 e. The lowest BCUT2D eigenvalue weighted by Gasteiger charge is -2.20. The van der Waals surface area contributed by atoms with Gasteiger partial charge in [-0.1, -0.05) is 66.2 Å². The average molecular weight is 369 g/mol. The fourth-order valence-electron chi connectivity index (χ4n) is 3.68. The summed E-state index contributed by atoms with van der Waals surface area (Å²) in [6.45, 7) is 2.83. The Morgan fingerprint density at radius 2 is 1.85 bits per heavy atom. The molecule has 4 rings (SSSR count). The molecule has 1 saturated heterocycles. The summed E-state index contributed by atoms with van der Waals surface area (Å²) in [5.41, 5.74) is 4.51. The Bertz CT molecular complexity index is 863. The lowest BCUT2D eigenvalue weighted by molar-refractivity contribution is 0.415. The fourth-order valence-corrected chi connectivity index (χ4v) is 3.97. The SMILES string of the molecule is C/C=C/C1CC=C(c2ccc(-c3ccc(C4CO4)cc3)c(F)c2Cl)CC1. The highest BCUT2D eigenvalue weighted by Crippen LogP contribution is 2.39. The van der Waals surface area contributed by atoms with Gasteiger partial charge in [0.1, 0.15) is 11.9 Å². The van der Waals surface area contributed by atoms with Crippen LogP contribution in [0.5, 0.6) is 0 Å². The first-order valence-electron chi connectivity index (χ1n) is 9.19. The monoisotopic (exact) mass is 368 g/mol. The van der Waals surface area contributed by atoms with Gasteiger partial charge in [-0.15, -0.1) is 0 Å². The molecule has 134 valence electrons. The first-order chi connectivity index (χ1) is 12.7. The summed E-state index contributed by atoms with van der Waals surface area (Å²) in [6.07, 6.45) is 9.78. The molecule has 0 saturated carbocycles. The zero-order valence-electron chi connectivity index (χ0n) is 14.8. The van der Waals surface area contributed by atoms with Crippen LogP contribution >= 0.6 is 11.6 Å². The molecular formula is C23H22ClFO. The van der Waals surface area contributed by atoms with Crippen molar-refractivity contribution in [2.45, 2.75) is 32.3 Å². The van der Waals surface area contributed by atoms with E-state index in [4.69, 9.17) is 16.3 Å². The highest BCUT2D eigenvalue weighted by atomic mass is 35.5. The minimum atomic E-state index is -0.337. The van der Waals surface area contributed by atoms with Gasteiger partial charge in [-0.25, -0.2) is 4.39 Å². The van der Waals surface area contributed by atoms with E-state index in [1.807, 2.05) is 36.4 Å². The molecule has 2 aromatic carbocycles. The van der Waals surface area contributed by atoms with E-state index in [1.54, 1.807) is 0 Å². The van der Waals surface area contributed by atoms with Crippen LogP contribution in [0.1, 0.15) is 43.4 Å². The van der Waals surface area contributed by atoms with Crippen molar-refractivity contribution in [3.63, 3.8) is 0 Å². The molecule has 0 bridgehead atoms. The molecule has 3 heteroatoms. The van der Waals surface area contributed by atoms with Crippen molar-refractivity contribution in [2.75, 3.05) is 6.61 Å². The minimum absolute atomic E-state index is 0.212. The number of hydrogen-bond acceptors (Lipinski definition) is 1. The Morgan fingerprint density at radius 3 is 2.46 bits per heavy atom. The van der Waals surface area contributed by atoms with Crippen LogP contribution < -0.4 is 0 Å². The zero-order valence-corrected chi connectivity index (χ0v) is 15.6. The molecule has 1 aliphatic heterocycles. The van der Waals surface area contributed by atoms with E-state index in [1.165, 1.54) is 0 Å². The van der Waals surface area contributed by atoms with E-state index < -0.39 is 0 Å². The third-order valence-electron chi connectivity index (χ3n) is 5.27. The minimum Gasteiger partial charge on any atom is -0.368 e. The first-order valence-corrected chi connectivity index (χ1v) is 9.57. The van der Waals surface area contributed by atoms with E-state index in [0.717, 1.165) is 48.1 Å². The van der Waals surface area contributed by atoms with Crippen molar-refractivity contribution in [1.29, 1.82) is 0 Å². The van der Waals surface area contributed by atoms with Crippen LogP contribution in [0.25, 0.3) is 16.7 Å². The van der Waals surface area contributed by atoms with Crippen molar-refractivity contribution in [3.8, 4) is 11.1 Å². The first kappa shape index (κ1) is 17.5. The van der Waals surface area contributed by atoms with Crippen LogP contribution in [-0.4, -0.2) is 6.61 Å². The molecule has 2 aliphatic rings. The number of allylic oxidation sites excluding steroid dienone is 4. The zero-order chi connectivity index (χ0) is 18.1. The molecule has 2 aromatic rings. The fraction of sp³-hybridized carbons (Fsp3) is 0.304. The largest absolute Gasteiger partial charge is 0.368 e. The van der Waals surface area contributed by atoms with Crippen molar-refractivity contribution < 1.29 is 9.13 Å². The lowest BCUT2D eigenvalue weighted by atomic mass is 9.86. The predicted molar refractivity (Wildman–Crippen MR) is 106 cm³/mol. The van der Waals surface area contributed by atoms with Crippen LogP contribution in [0.3, 0.4) is 0 Å². The molecule has 0 spiro atoms. The van der Waals surface area contributed by atoms with Gasteiger partial charge in [-0.05, 0) is 54.4 Å².